The summed E-state index contributed by atoms with van der Waals surface area (Å²) in [4.78, 5) is 23.6. The molecule has 2 aromatic carbocycles. The van der Waals surface area contributed by atoms with Gasteiger partial charge in [0.05, 0.1) is 18.4 Å². The Morgan fingerprint density at radius 2 is 1.79 bits per heavy atom. The van der Waals surface area contributed by atoms with Gasteiger partial charge in [-0.15, -0.1) is 0 Å². The Labute approximate surface area is 147 Å². The second-order valence-electron chi connectivity index (χ2n) is 4.59. The molecule has 1 amide bonds. The second kappa shape index (κ2) is 7.99. The molecule has 0 saturated heterocycles. The van der Waals surface area contributed by atoms with Gasteiger partial charge in [-0.1, -0.05) is 23.2 Å². The van der Waals surface area contributed by atoms with Crippen LogP contribution in [0.25, 0.3) is 0 Å². The van der Waals surface area contributed by atoms with E-state index < -0.39 is 24.3 Å². The van der Waals surface area contributed by atoms with Gasteiger partial charge < -0.3 is 14.8 Å². The lowest BCUT2D eigenvalue weighted by Gasteiger charge is -2.11. The van der Waals surface area contributed by atoms with Crippen molar-refractivity contribution in [2.45, 2.75) is 0 Å². The molecule has 0 aliphatic rings. The minimum Gasteiger partial charge on any atom is -0.495 e. The van der Waals surface area contributed by atoms with Crippen molar-refractivity contribution >= 4 is 40.8 Å². The number of ether oxygens (including phenoxy) is 2. The van der Waals surface area contributed by atoms with E-state index in [1.807, 2.05) is 0 Å². The fraction of sp³-hybridized carbons (Fsp3) is 0.125. The molecule has 0 radical (unpaired) electrons. The van der Waals surface area contributed by atoms with Crippen LogP contribution in [0.3, 0.4) is 0 Å². The van der Waals surface area contributed by atoms with E-state index in [1.165, 1.54) is 25.3 Å². The third-order valence-electron chi connectivity index (χ3n) is 2.92. The molecule has 0 saturated carbocycles. The largest absolute Gasteiger partial charge is 0.495 e. The molecule has 2 aromatic rings. The summed E-state index contributed by atoms with van der Waals surface area (Å²) >= 11 is 11.5. The molecular weight excluding hydrogens is 360 g/mol. The van der Waals surface area contributed by atoms with Crippen LogP contribution in [0.5, 0.6) is 5.75 Å². The van der Waals surface area contributed by atoms with E-state index in [2.05, 4.69) is 5.32 Å². The molecule has 0 unspecified atom stereocenters. The first-order valence-corrected chi connectivity index (χ1v) is 7.42. The summed E-state index contributed by atoms with van der Waals surface area (Å²) in [7, 11) is 1.43. The molecule has 0 bridgehead atoms. The number of esters is 1. The fourth-order valence-corrected chi connectivity index (χ4v) is 2.16. The molecule has 8 heteroatoms. The highest BCUT2D eigenvalue weighted by Crippen LogP contribution is 2.27. The van der Waals surface area contributed by atoms with Crippen LogP contribution in [-0.2, 0) is 9.53 Å². The van der Waals surface area contributed by atoms with Gasteiger partial charge in [0.2, 0.25) is 0 Å². The topological polar surface area (TPSA) is 64.6 Å². The molecule has 24 heavy (non-hydrogen) atoms. The van der Waals surface area contributed by atoms with Gasteiger partial charge in [-0.2, -0.15) is 0 Å². The molecule has 2 rings (SSSR count). The van der Waals surface area contributed by atoms with Crippen LogP contribution in [0, 0.1) is 5.82 Å². The summed E-state index contributed by atoms with van der Waals surface area (Å²) in [5, 5.41) is 3.04. The highest BCUT2D eigenvalue weighted by molar-refractivity contribution is 6.31. The Morgan fingerprint density at radius 3 is 2.46 bits per heavy atom. The zero-order valence-electron chi connectivity index (χ0n) is 12.4. The predicted molar refractivity (Wildman–Crippen MR) is 88.3 cm³/mol. The Balaban J connectivity index is 1.98. The molecule has 0 aliphatic carbocycles. The fourth-order valence-electron chi connectivity index (χ4n) is 1.83. The van der Waals surface area contributed by atoms with E-state index in [0.29, 0.717) is 16.5 Å². The Hall–Kier alpha value is -2.31. The molecule has 0 atom stereocenters. The van der Waals surface area contributed by atoms with Crippen molar-refractivity contribution in [3.63, 3.8) is 0 Å². The third kappa shape index (κ3) is 4.59. The minimum absolute atomic E-state index is 0.148. The number of hydrogen-bond acceptors (Lipinski definition) is 4. The van der Waals surface area contributed by atoms with Crippen LogP contribution in [0.4, 0.5) is 10.1 Å². The Morgan fingerprint density at radius 1 is 1.12 bits per heavy atom. The summed E-state index contributed by atoms with van der Waals surface area (Å²) in [6.45, 7) is -0.601. The molecular formula is C16H12Cl2FNO4. The number of benzene rings is 2. The van der Waals surface area contributed by atoms with Crippen LogP contribution >= 0.6 is 23.2 Å². The number of carbonyl (C=O) groups excluding carboxylic acids is 2. The van der Waals surface area contributed by atoms with Crippen molar-refractivity contribution in [3.05, 3.63) is 57.8 Å². The van der Waals surface area contributed by atoms with E-state index in [4.69, 9.17) is 32.7 Å². The lowest BCUT2D eigenvalue weighted by atomic mass is 10.2. The maximum atomic E-state index is 13.6. The van der Waals surface area contributed by atoms with Crippen molar-refractivity contribution in [2.24, 2.45) is 0 Å². The summed E-state index contributed by atoms with van der Waals surface area (Å²) in [5.74, 6) is -2.04. The number of nitrogens with one attached hydrogen (secondary N) is 1. The van der Waals surface area contributed by atoms with Crippen molar-refractivity contribution in [2.75, 3.05) is 19.0 Å². The highest BCUT2D eigenvalue weighted by atomic mass is 35.5. The number of amides is 1. The number of anilines is 1. The molecule has 1 N–H and O–H groups in total. The standard InChI is InChI=1S/C16H12Cl2FNO4/c1-23-14-5-3-10(18)7-13(14)20-15(21)8-24-16(22)11-4-2-9(17)6-12(11)19/h2-7H,8H2,1H3,(H,20,21). The maximum absolute atomic E-state index is 13.6. The van der Waals surface area contributed by atoms with Crippen LogP contribution in [0.2, 0.25) is 10.0 Å². The van der Waals surface area contributed by atoms with Crippen molar-refractivity contribution < 1.29 is 23.5 Å². The molecule has 0 aliphatic heterocycles. The van der Waals surface area contributed by atoms with Gasteiger partial charge in [0.25, 0.3) is 5.91 Å². The number of carbonyl (C=O) groups is 2. The first kappa shape index (κ1) is 18.0. The molecule has 0 fully saturated rings. The molecule has 0 spiro atoms. The zero-order valence-corrected chi connectivity index (χ0v) is 13.9. The molecule has 126 valence electrons. The third-order valence-corrected chi connectivity index (χ3v) is 3.39. The number of hydrogen-bond donors (Lipinski definition) is 1. The summed E-state index contributed by atoms with van der Waals surface area (Å²) in [6.07, 6.45) is 0. The van der Waals surface area contributed by atoms with Crippen molar-refractivity contribution in [3.8, 4) is 5.75 Å². The summed E-state index contributed by atoms with van der Waals surface area (Å²) in [6, 6.07) is 8.16. The average molecular weight is 372 g/mol. The van der Waals surface area contributed by atoms with Crippen LogP contribution in [-0.4, -0.2) is 25.6 Å². The first-order chi connectivity index (χ1) is 11.4. The second-order valence-corrected chi connectivity index (χ2v) is 5.47. The lowest BCUT2D eigenvalue weighted by Crippen LogP contribution is -2.21. The van der Waals surface area contributed by atoms with E-state index in [-0.39, 0.29) is 10.6 Å². The lowest BCUT2D eigenvalue weighted by molar-refractivity contribution is -0.119. The van der Waals surface area contributed by atoms with Gasteiger partial charge in [-0.3, -0.25) is 4.79 Å². The number of rotatable bonds is 5. The molecule has 0 heterocycles. The Bertz CT molecular complexity index is 783. The van der Waals surface area contributed by atoms with Gasteiger partial charge in [0.1, 0.15) is 11.6 Å². The van der Waals surface area contributed by atoms with Crippen molar-refractivity contribution in [1.29, 1.82) is 0 Å². The van der Waals surface area contributed by atoms with Gasteiger partial charge in [0.15, 0.2) is 6.61 Å². The summed E-state index contributed by atoms with van der Waals surface area (Å²) < 4.78 is 23.5. The molecule has 0 aromatic heterocycles. The van der Waals surface area contributed by atoms with E-state index in [9.17, 15) is 14.0 Å². The van der Waals surface area contributed by atoms with Crippen LogP contribution in [0.15, 0.2) is 36.4 Å². The van der Waals surface area contributed by atoms with E-state index >= 15 is 0 Å². The van der Waals surface area contributed by atoms with Gasteiger partial charge in [0, 0.05) is 10.0 Å². The maximum Gasteiger partial charge on any atom is 0.341 e. The van der Waals surface area contributed by atoms with E-state index in [0.717, 1.165) is 6.07 Å². The average Bonchev–Trinajstić information content (AvgIpc) is 2.53. The summed E-state index contributed by atoms with van der Waals surface area (Å²) in [5.41, 5.74) is 0.0104. The SMILES string of the molecule is COc1ccc(Cl)cc1NC(=O)COC(=O)c1ccc(Cl)cc1F. The highest BCUT2D eigenvalue weighted by Gasteiger charge is 2.16. The van der Waals surface area contributed by atoms with Gasteiger partial charge >= 0.3 is 5.97 Å². The normalized spacial score (nSPS) is 10.2. The first-order valence-electron chi connectivity index (χ1n) is 6.66. The Kier molecular flexibility index (Phi) is 6.00. The number of halogens is 3. The zero-order chi connectivity index (χ0) is 17.7. The number of methoxy groups -OCH3 is 1. The quantitative estimate of drug-likeness (QED) is 0.808. The van der Waals surface area contributed by atoms with E-state index in [1.54, 1.807) is 12.1 Å². The van der Waals surface area contributed by atoms with Gasteiger partial charge in [-0.25, -0.2) is 9.18 Å². The predicted octanol–water partition coefficient (Wildman–Crippen LogP) is 3.94. The molecule has 5 nitrogen and oxygen atoms in total. The van der Waals surface area contributed by atoms with Gasteiger partial charge in [-0.05, 0) is 36.4 Å². The smallest absolute Gasteiger partial charge is 0.341 e. The minimum atomic E-state index is -0.975. The monoisotopic (exact) mass is 371 g/mol. The van der Waals surface area contributed by atoms with Crippen LogP contribution in [0.1, 0.15) is 10.4 Å². The van der Waals surface area contributed by atoms with Crippen LogP contribution < -0.4 is 10.1 Å². The van der Waals surface area contributed by atoms with Crippen molar-refractivity contribution in [1.82, 2.24) is 0 Å².